The molecule has 5 heteroatoms. The van der Waals surface area contributed by atoms with Crippen LogP contribution in [0.2, 0.25) is 0 Å². The van der Waals surface area contributed by atoms with Gasteiger partial charge in [0, 0.05) is 12.6 Å². The third kappa shape index (κ3) is 5.99. The van der Waals surface area contributed by atoms with Gasteiger partial charge in [-0.05, 0) is 25.0 Å². The molecule has 1 heterocycles. The van der Waals surface area contributed by atoms with E-state index < -0.39 is 11.9 Å². The van der Waals surface area contributed by atoms with Crippen molar-refractivity contribution in [3.8, 4) is 0 Å². The van der Waals surface area contributed by atoms with Gasteiger partial charge < -0.3 is 10.4 Å². The van der Waals surface area contributed by atoms with Crippen LogP contribution in [0, 0.1) is 5.92 Å². The minimum Gasteiger partial charge on any atom is -0.481 e. The van der Waals surface area contributed by atoms with E-state index in [-0.39, 0.29) is 12.3 Å². The Labute approximate surface area is 113 Å². The van der Waals surface area contributed by atoms with Crippen molar-refractivity contribution in [2.75, 3.05) is 5.32 Å². The van der Waals surface area contributed by atoms with Gasteiger partial charge in [0.05, 0.1) is 5.92 Å². The number of amides is 1. The number of unbranched alkanes of at least 4 members (excludes halogenated alkanes) is 1. The van der Waals surface area contributed by atoms with Gasteiger partial charge in [-0.25, -0.2) is 4.98 Å². The summed E-state index contributed by atoms with van der Waals surface area (Å²) in [5.74, 6) is -0.956. The average Bonchev–Trinajstić information content (AvgIpc) is 2.39. The summed E-state index contributed by atoms with van der Waals surface area (Å²) in [6.07, 6.45) is 4.63. The van der Waals surface area contributed by atoms with Crippen LogP contribution in [0.5, 0.6) is 0 Å². The summed E-state index contributed by atoms with van der Waals surface area (Å²) in [5, 5.41) is 11.7. The van der Waals surface area contributed by atoms with E-state index in [1.807, 2.05) is 6.92 Å². The fourth-order valence-corrected chi connectivity index (χ4v) is 1.79. The standard InChI is InChI=1S/C14H20N2O3/c1-2-3-6-11(14(18)19)8-9-13(17)16-12-7-4-5-10-15-12/h4-5,7,10-11H,2-3,6,8-9H2,1H3,(H,18,19)(H,15,16,17)/t11-/m1/s1. The molecule has 5 nitrogen and oxygen atoms in total. The lowest BCUT2D eigenvalue weighted by molar-refractivity contribution is -0.142. The van der Waals surface area contributed by atoms with Crippen molar-refractivity contribution >= 4 is 17.7 Å². The maximum Gasteiger partial charge on any atom is 0.306 e. The smallest absolute Gasteiger partial charge is 0.306 e. The van der Waals surface area contributed by atoms with Gasteiger partial charge in [0.2, 0.25) is 5.91 Å². The van der Waals surface area contributed by atoms with E-state index in [0.29, 0.717) is 18.7 Å². The Morgan fingerprint density at radius 2 is 2.16 bits per heavy atom. The number of hydrogen-bond donors (Lipinski definition) is 2. The zero-order valence-corrected chi connectivity index (χ0v) is 11.1. The molecule has 0 unspecified atom stereocenters. The van der Waals surface area contributed by atoms with E-state index in [9.17, 15) is 9.59 Å². The molecular formula is C14H20N2O3. The van der Waals surface area contributed by atoms with Gasteiger partial charge >= 0.3 is 5.97 Å². The van der Waals surface area contributed by atoms with Crippen LogP contribution in [0.25, 0.3) is 0 Å². The van der Waals surface area contributed by atoms with Crippen molar-refractivity contribution < 1.29 is 14.7 Å². The summed E-state index contributed by atoms with van der Waals surface area (Å²) >= 11 is 0. The molecule has 1 rings (SSSR count). The number of carbonyl (C=O) groups excluding carboxylic acids is 1. The molecule has 2 N–H and O–H groups in total. The molecule has 1 aromatic heterocycles. The topological polar surface area (TPSA) is 79.3 Å². The van der Waals surface area contributed by atoms with E-state index in [2.05, 4.69) is 10.3 Å². The number of carbonyl (C=O) groups is 2. The Morgan fingerprint density at radius 1 is 1.37 bits per heavy atom. The summed E-state index contributed by atoms with van der Waals surface area (Å²) in [5.41, 5.74) is 0. The number of rotatable bonds is 8. The molecule has 1 amide bonds. The Hall–Kier alpha value is -1.91. The molecule has 1 atom stereocenters. The predicted octanol–water partition coefficient (Wildman–Crippen LogP) is 2.69. The normalized spacial score (nSPS) is 11.8. The Balaban J connectivity index is 2.37. The number of aromatic nitrogens is 1. The van der Waals surface area contributed by atoms with Crippen molar-refractivity contribution in [1.82, 2.24) is 4.98 Å². The first-order valence-corrected chi connectivity index (χ1v) is 6.57. The van der Waals surface area contributed by atoms with Crippen LogP contribution in [0.1, 0.15) is 39.0 Å². The first-order chi connectivity index (χ1) is 9.13. The second-order valence-electron chi connectivity index (χ2n) is 4.48. The first kappa shape index (κ1) is 15.1. The number of aliphatic carboxylic acids is 1. The number of hydrogen-bond acceptors (Lipinski definition) is 3. The van der Waals surface area contributed by atoms with Gasteiger partial charge in [0.25, 0.3) is 0 Å². The van der Waals surface area contributed by atoms with Crippen LogP contribution in [-0.2, 0) is 9.59 Å². The van der Waals surface area contributed by atoms with Crippen LogP contribution in [0.4, 0.5) is 5.82 Å². The molecule has 0 aromatic carbocycles. The maximum absolute atomic E-state index is 11.7. The summed E-state index contributed by atoms with van der Waals surface area (Å²) in [7, 11) is 0. The molecule has 0 saturated carbocycles. The number of nitrogens with zero attached hydrogens (tertiary/aromatic N) is 1. The lowest BCUT2D eigenvalue weighted by Gasteiger charge is -2.11. The minimum atomic E-state index is -0.820. The van der Waals surface area contributed by atoms with Gasteiger partial charge in [-0.2, -0.15) is 0 Å². The second kappa shape index (κ2) is 8.24. The summed E-state index contributed by atoms with van der Waals surface area (Å²) in [6, 6.07) is 5.24. The summed E-state index contributed by atoms with van der Waals surface area (Å²) in [4.78, 5) is 26.7. The van der Waals surface area contributed by atoms with Gasteiger partial charge in [-0.15, -0.1) is 0 Å². The summed E-state index contributed by atoms with van der Waals surface area (Å²) in [6.45, 7) is 2.02. The quantitative estimate of drug-likeness (QED) is 0.756. The molecule has 0 radical (unpaired) electrons. The highest BCUT2D eigenvalue weighted by atomic mass is 16.4. The third-order valence-electron chi connectivity index (χ3n) is 2.91. The van der Waals surface area contributed by atoms with E-state index in [4.69, 9.17) is 5.11 Å². The van der Waals surface area contributed by atoms with Crippen molar-refractivity contribution in [3.05, 3.63) is 24.4 Å². The molecule has 104 valence electrons. The lowest BCUT2D eigenvalue weighted by Crippen LogP contribution is -2.18. The molecule has 0 aliphatic rings. The first-order valence-electron chi connectivity index (χ1n) is 6.57. The number of anilines is 1. The zero-order chi connectivity index (χ0) is 14.1. The fraction of sp³-hybridized carbons (Fsp3) is 0.500. The number of carboxylic acid groups (broad SMARTS) is 1. The average molecular weight is 264 g/mol. The molecule has 1 aromatic rings. The Morgan fingerprint density at radius 3 is 2.74 bits per heavy atom. The molecule has 0 fully saturated rings. The number of nitrogens with one attached hydrogen (secondary N) is 1. The highest BCUT2D eigenvalue weighted by Crippen LogP contribution is 2.15. The highest BCUT2D eigenvalue weighted by Gasteiger charge is 2.18. The lowest BCUT2D eigenvalue weighted by atomic mass is 9.97. The monoisotopic (exact) mass is 264 g/mol. The van der Waals surface area contributed by atoms with Crippen LogP contribution >= 0.6 is 0 Å². The number of carboxylic acids is 1. The van der Waals surface area contributed by atoms with Crippen molar-refractivity contribution in [2.45, 2.75) is 39.0 Å². The van der Waals surface area contributed by atoms with Gasteiger partial charge in [0.15, 0.2) is 0 Å². The molecule has 0 spiro atoms. The molecule has 0 aliphatic carbocycles. The van der Waals surface area contributed by atoms with Crippen LogP contribution in [0.15, 0.2) is 24.4 Å². The maximum atomic E-state index is 11.7. The van der Waals surface area contributed by atoms with Gasteiger partial charge in [-0.3, -0.25) is 9.59 Å². The summed E-state index contributed by atoms with van der Waals surface area (Å²) < 4.78 is 0. The SMILES string of the molecule is CCCC[C@H](CCC(=O)Nc1ccccn1)C(=O)O. The van der Waals surface area contributed by atoms with Crippen molar-refractivity contribution in [2.24, 2.45) is 5.92 Å². The molecule has 19 heavy (non-hydrogen) atoms. The van der Waals surface area contributed by atoms with E-state index >= 15 is 0 Å². The fourth-order valence-electron chi connectivity index (χ4n) is 1.79. The minimum absolute atomic E-state index is 0.193. The van der Waals surface area contributed by atoms with Gasteiger partial charge in [-0.1, -0.05) is 25.8 Å². The van der Waals surface area contributed by atoms with Crippen molar-refractivity contribution in [1.29, 1.82) is 0 Å². The van der Waals surface area contributed by atoms with Crippen LogP contribution in [0.3, 0.4) is 0 Å². The predicted molar refractivity (Wildman–Crippen MR) is 72.8 cm³/mol. The molecular weight excluding hydrogens is 244 g/mol. The van der Waals surface area contributed by atoms with E-state index in [0.717, 1.165) is 12.8 Å². The molecule has 0 saturated heterocycles. The zero-order valence-electron chi connectivity index (χ0n) is 11.1. The number of pyridine rings is 1. The third-order valence-corrected chi connectivity index (χ3v) is 2.91. The van der Waals surface area contributed by atoms with Crippen LogP contribution < -0.4 is 5.32 Å². The molecule has 0 bridgehead atoms. The highest BCUT2D eigenvalue weighted by molar-refractivity contribution is 5.89. The van der Waals surface area contributed by atoms with Crippen LogP contribution in [-0.4, -0.2) is 22.0 Å². The van der Waals surface area contributed by atoms with E-state index in [1.54, 1.807) is 24.4 Å². The Kier molecular flexibility index (Phi) is 6.57. The largest absolute Gasteiger partial charge is 0.481 e. The van der Waals surface area contributed by atoms with E-state index in [1.165, 1.54) is 0 Å². The Bertz CT molecular complexity index is 406. The van der Waals surface area contributed by atoms with Gasteiger partial charge in [0.1, 0.15) is 5.82 Å². The molecule has 0 aliphatic heterocycles. The van der Waals surface area contributed by atoms with Crippen molar-refractivity contribution in [3.63, 3.8) is 0 Å². The second-order valence-corrected chi connectivity index (χ2v) is 4.48.